The average molecular weight is 403 g/mol. The summed E-state index contributed by atoms with van der Waals surface area (Å²) in [5.41, 5.74) is 2.25. The van der Waals surface area contributed by atoms with Crippen molar-refractivity contribution in [3.63, 3.8) is 0 Å². The van der Waals surface area contributed by atoms with Crippen molar-refractivity contribution >= 4 is 11.7 Å². The van der Waals surface area contributed by atoms with Crippen molar-refractivity contribution in [1.29, 1.82) is 0 Å². The fraction of sp³-hybridized carbons (Fsp3) is 0.200. The highest BCUT2D eigenvalue weighted by atomic mass is 19.4. The summed E-state index contributed by atoms with van der Waals surface area (Å²) in [5, 5.41) is 7.32. The van der Waals surface area contributed by atoms with Crippen LogP contribution in [0.25, 0.3) is 11.3 Å². The molecule has 0 saturated heterocycles. The molecule has 0 saturated carbocycles. The lowest BCUT2D eigenvalue weighted by Gasteiger charge is -2.12. The number of fused-ring (bicyclic) bond motifs is 1. The monoisotopic (exact) mass is 403 g/mol. The van der Waals surface area contributed by atoms with Crippen molar-refractivity contribution in [2.45, 2.75) is 18.8 Å². The molecule has 1 N–H and O–H groups in total. The number of anilines is 1. The number of carbonyl (C=O) groups excluding carboxylic acids is 1. The molecule has 1 aliphatic rings. The second-order valence-corrected chi connectivity index (χ2v) is 6.49. The Kier molecular flexibility index (Phi) is 4.65. The van der Waals surface area contributed by atoms with Gasteiger partial charge in [-0.2, -0.15) is 5.10 Å². The zero-order chi connectivity index (χ0) is 20.6. The SMILES string of the molecule is COc1ccc(-c2cc3n(n2)C(Cc2ccc(OC(F)(F)F)cc2)C(=O)N3)cc1. The van der Waals surface area contributed by atoms with Gasteiger partial charge in [-0.1, -0.05) is 12.1 Å². The Morgan fingerprint density at radius 3 is 2.34 bits per heavy atom. The number of nitrogens with one attached hydrogen (secondary N) is 1. The molecule has 1 atom stereocenters. The number of carbonyl (C=O) groups is 1. The van der Waals surface area contributed by atoms with E-state index in [1.807, 2.05) is 24.3 Å². The number of rotatable bonds is 5. The maximum absolute atomic E-state index is 12.3. The molecule has 0 fully saturated rings. The van der Waals surface area contributed by atoms with Crippen molar-refractivity contribution in [3.8, 4) is 22.8 Å². The molecule has 1 unspecified atom stereocenters. The summed E-state index contributed by atoms with van der Waals surface area (Å²) in [6, 6.07) is 14.0. The van der Waals surface area contributed by atoms with Crippen LogP contribution in [-0.2, 0) is 11.2 Å². The number of benzene rings is 2. The molecule has 1 aromatic heterocycles. The molecular formula is C20H16F3N3O3. The van der Waals surface area contributed by atoms with Gasteiger partial charge < -0.3 is 14.8 Å². The second-order valence-electron chi connectivity index (χ2n) is 6.49. The Balaban J connectivity index is 1.53. The van der Waals surface area contributed by atoms with Gasteiger partial charge in [-0.3, -0.25) is 4.79 Å². The van der Waals surface area contributed by atoms with E-state index in [1.165, 1.54) is 24.3 Å². The largest absolute Gasteiger partial charge is 0.573 e. The van der Waals surface area contributed by atoms with Crippen LogP contribution in [0, 0.1) is 0 Å². The van der Waals surface area contributed by atoms with Gasteiger partial charge in [0.05, 0.1) is 12.8 Å². The number of methoxy groups -OCH3 is 1. The minimum absolute atomic E-state index is 0.218. The molecular weight excluding hydrogens is 387 g/mol. The molecule has 0 radical (unpaired) electrons. The van der Waals surface area contributed by atoms with Gasteiger partial charge in [0.25, 0.3) is 5.91 Å². The summed E-state index contributed by atoms with van der Waals surface area (Å²) < 4.78 is 47.4. The molecule has 2 aromatic carbocycles. The predicted molar refractivity (Wildman–Crippen MR) is 98.7 cm³/mol. The highest BCUT2D eigenvalue weighted by molar-refractivity contribution is 5.97. The number of aromatic nitrogens is 2. The summed E-state index contributed by atoms with van der Waals surface area (Å²) in [5.74, 6) is 0.774. The van der Waals surface area contributed by atoms with Crippen LogP contribution in [0.5, 0.6) is 11.5 Å². The van der Waals surface area contributed by atoms with E-state index in [-0.39, 0.29) is 18.1 Å². The van der Waals surface area contributed by atoms with Crippen molar-refractivity contribution in [2.24, 2.45) is 0 Å². The molecule has 1 aliphatic heterocycles. The van der Waals surface area contributed by atoms with Crippen LogP contribution in [0.3, 0.4) is 0 Å². The van der Waals surface area contributed by atoms with E-state index in [0.29, 0.717) is 17.1 Å². The number of nitrogens with zero attached hydrogens (tertiary/aromatic N) is 2. The van der Waals surface area contributed by atoms with Gasteiger partial charge in [0, 0.05) is 18.1 Å². The molecule has 9 heteroatoms. The van der Waals surface area contributed by atoms with Gasteiger partial charge in [-0.15, -0.1) is 13.2 Å². The maximum atomic E-state index is 12.3. The summed E-state index contributed by atoms with van der Waals surface area (Å²) in [7, 11) is 1.59. The van der Waals surface area contributed by atoms with E-state index in [0.717, 1.165) is 11.3 Å². The first-order chi connectivity index (χ1) is 13.8. The average Bonchev–Trinajstić information content (AvgIpc) is 3.21. The summed E-state index contributed by atoms with van der Waals surface area (Å²) in [4.78, 5) is 12.3. The van der Waals surface area contributed by atoms with Crippen LogP contribution < -0.4 is 14.8 Å². The van der Waals surface area contributed by atoms with Crippen molar-refractivity contribution < 1.29 is 27.4 Å². The number of hydrogen-bond acceptors (Lipinski definition) is 4. The number of halogens is 3. The van der Waals surface area contributed by atoms with Crippen molar-refractivity contribution in [3.05, 3.63) is 60.2 Å². The van der Waals surface area contributed by atoms with Gasteiger partial charge in [0.1, 0.15) is 23.4 Å². The molecule has 1 amide bonds. The summed E-state index contributed by atoms with van der Waals surface area (Å²) >= 11 is 0. The first-order valence-corrected chi connectivity index (χ1v) is 8.72. The van der Waals surface area contributed by atoms with E-state index in [4.69, 9.17) is 4.74 Å². The van der Waals surface area contributed by atoms with Gasteiger partial charge in [-0.05, 0) is 42.0 Å². The van der Waals surface area contributed by atoms with E-state index in [9.17, 15) is 18.0 Å². The molecule has 29 heavy (non-hydrogen) atoms. The second kappa shape index (κ2) is 7.16. The summed E-state index contributed by atoms with van der Waals surface area (Å²) in [6.45, 7) is 0. The third-order valence-corrected chi connectivity index (χ3v) is 4.56. The number of amides is 1. The fourth-order valence-corrected chi connectivity index (χ4v) is 3.18. The molecule has 150 valence electrons. The standard InChI is InChI=1S/C20H16F3N3O3/c1-28-14-8-4-13(5-9-14)16-11-18-24-19(27)17(26(18)25-16)10-12-2-6-15(7-3-12)29-20(21,22)23/h2-9,11,17H,10H2,1H3,(H,24,27). The molecule has 0 bridgehead atoms. The molecule has 4 rings (SSSR count). The maximum Gasteiger partial charge on any atom is 0.573 e. The van der Waals surface area contributed by atoms with Crippen LogP contribution in [0.1, 0.15) is 11.6 Å². The fourth-order valence-electron chi connectivity index (χ4n) is 3.18. The third-order valence-electron chi connectivity index (χ3n) is 4.56. The van der Waals surface area contributed by atoms with Gasteiger partial charge in [0.15, 0.2) is 0 Å². The van der Waals surface area contributed by atoms with Crippen molar-refractivity contribution in [2.75, 3.05) is 12.4 Å². The molecule has 0 spiro atoms. The lowest BCUT2D eigenvalue weighted by molar-refractivity contribution is -0.274. The predicted octanol–water partition coefficient (Wildman–Crippen LogP) is 4.19. The lowest BCUT2D eigenvalue weighted by Crippen LogP contribution is -2.19. The van der Waals surface area contributed by atoms with Gasteiger partial charge in [0.2, 0.25) is 0 Å². The highest BCUT2D eigenvalue weighted by Crippen LogP contribution is 2.32. The Morgan fingerprint density at radius 2 is 1.72 bits per heavy atom. The van der Waals surface area contributed by atoms with E-state index in [2.05, 4.69) is 15.2 Å². The number of alkyl halides is 3. The smallest absolute Gasteiger partial charge is 0.497 e. The van der Waals surface area contributed by atoms with E-state index in [1.54, 1.807) is 17.9 Å². The van der Waals surface area contributed by atoms with Crippen LogP contribution in [-0.4, -0.2) is 29.2 Å². The molecule has 0 aliphatic carbocycles. The van der Waals surface area contributed by atoms with Crippen LogP contribution >= 0.6 is 0 Å². The third kappa shape index (κ3) is 4.03. The highest BCUT2D eigenvalue weighted by Gasteiger charge is 2.33. The molecule has 6 nitrogen and oxygen atoms in total. The summed E-state index contributed by atoms with van der Waals surface area (Å²) in [6.07, 6.45) is -4.45. The van der Waals surface area contributed by atoms with Crippen LogP contribution in [0.2, 0.25) is 0 Å². The Bertz CT molecular complexity index is 1030. The van der Waals surface area contributed by atoms with Crippen LogP contribution in [0.4, 0.5) is 19.0 Å². The lowest BCUT2D eigenvalue weighted by atomic mass is 10.1. The Hall–Kier alpha value is -3.49. The first kappa shape index (κ1) is 18.9. The molecule has 2 heterocycles. The number of hydrogen-bond donors (Lipinski definition) is 1. The quantitative estimate of drug-likeness (QED) is 0.694. The van der Waals surface area contributed by atoms with E-state index < -0.39 is 12.4 Å². The van der Waals surface area contributed by atoms with Gasteiger partial charge in [-0.25, -0.2) is 4.68 Å². The van der Waals surface area contributed by atoms with Crippen LogP contribution in [0.15, 0.2) is 54.6 Å². The minimum Gasteiger partial charge on any atom is -0.497 e. The normalized spacial score (nSPS) is 15.7. The zero-order valence-corrected chi connectivity index (χ0v) is 15.2. The first-order valence-electron chi connectivity index (χ1n) is 8.72. The van der Waals surface area contributed by atoms with Gasteiger partial charge >= 0.3 is 6.36 Å². The minimum atomic E-state index is -4.74. The van der Waals surface area contributed by atoms with Crippen molar-refractivity contribution in [1.82, 2.24) is 9.78 Å². The topological polar surface area (TPSA) is 65.4 Å². The Labute approximate surface area is 163 Å². The zero-order valence-electron chi connectivity index (χ0n) is 15.2. The Morgan fingerprint density at radius 1 is 1.07 bits per heavy atom. The number of ether oxygens (including phenoxy) is 2. The van der Waals surface area contributed by atoms with E-state index >= 15 is 0 Å². The molecule has 3 aromatic rings.